The molecule has 0 aromatic heterocycles. The SMILES string of the molecule is CC1CCCCC1OCC(O)CN[C@@H](C)C1CCCCC1. The van der Waals surface area contributed by atoms with E-state index in [1.54, 1.807) is 0 Å². The zero-order valence-corrected chi connectivity index (χ0v) is 14.0. The molecule has 2 N–H and O–H groups in total. The minimum absolute atomic E-state index is 0.365. The molecule has 2 fully saturated rings. The first kappa shape index (κ1) is 17.2. The van der Waals surface area contributed by atoms with Crippen LogP contribution in [0, 0.1) is 11.8 Å². The van der Waals surface area contributed by atoms with Gasteiger partial charge in [0.25, 0.3) is 0 Å². The lowest BCUT2D eigenvalue weighted by Gasteiger charge is -2.31. The number of aliphatic hydroxyl groups excluding tert-OH is 1. The normalized spacial score (nSPS) is 31.0. The summed E-state index contributed by atoms with van der Waals surface area (Å²) in [5.74, 6) is 1.45. The Hall–Kier alpha value is -0.120. The van der Waals surface area contributed by atoms with Crippen LogP contribution in [0.1, 0.15) is 71.6 Å². The first-order valence-corrected chi connectivity index (χ1v) is 9.20. The first-order chi connectivity index (χ1) is 10.2. The Morgan fingerprint density at radius 1 is 1.05 bits per heavy atom. The summed E-state index contributed by atoms with van der Waals surface area (Å²) in [5.41, 5.74) is 0. The standard InChI is InChI=1S/C18H35NO2/c1-14-8-6-7-11-18(14)21-13-17(20)12-19-15(2)16-9-4-3-5-10-16/h14-20H,3-13H2,1-2H3/t14?,15-,17?,18?/m0/s1. The van der Waals surface area contributed by atoms with Crippen molar-refractivity contribution in [2.24, 2.45) is 11.8 Å². The quantitative estimate of drug-likeness (QED) is 0.755. The fourth-order valence-corrected chi connectivity index (χ4v) is 3.95. The van der Waals surface area contributed by atoms with Gasteiger partial charge in [0.15, 0.2) is 0 Å². The third-order valence-electron chi connectivity index (χ3n) is 5.57. The molecule has 3 heteroatoms. The second-order valence-corrected chi connectivity index (χ2v) is 7.38. The van der Waals surface area contributed by atoms with Crippen molar-refractivity contribution in [2.45, 2.75) is 89.9 Å². The average Bonchev–Trinajstić information content (AvgIpc) is 2.52. The minimum Gasteiger partial charge on any atom is -0.389 e. The van der Waals surface area contributed by atoms with E-state index < -0.39 is 0 Å². The average molecular weight is 297 g/mol. The van der Waals surface area contributed by atoms with Crippen LogP contribution in [-0.4, -0.2) is 36.5 Å². The Morgan fingerprint density at radius 2 is 1.71 bits per heavy atom. The van der Waals surface area contributed by atoms with Crippen LogP contribution < -0.4 is 5.32 Å². The molecule has 124 valence electrons. The van der Waals surface area contributed by atoms with E-state index in [0.717, 1.165) is 5.92 Å². The highest BCUT2D eigenvalue weighted by atomic mass is 16.5. The van der Waals surface area contributed by atoms with Gasteiger partial charge in [-0.25, -0.2) is 0 Å². The maximum Gasteiger partial charge on any atom is 0.0897 e. The van der Waals surface area contributed by atoms with Gasteiger partial charge in [0.1, 0.15) is 0 Å². The number of hydrogen-bond donors (Lipinski definition) is 2. The van der Waals surface area contributed by atoms with Gasteiger partial charge in [0, 0.05) is 12.6 Å². The van der Waals surface area contributed by atoms with Crippen LogP contribution >= 0.6 is 0 Å². The van der Waals surface area contributed by atoms with Gasteiger partial charge in [0.2, 0.25) is 0 Å². The molecule has 0 aromatic rings. The molecule has 3 nitrogen and oxygen atoms in total. The van der Waals surface area contributed by atoms with E-state index in [2.05, 4.69) is 19.2 Å². The molecule has 0 amide bonds. The number of aliphatic hydroxyl groups is 1. The molecule has 2 saturated carbocycles. The van der Waals surface area contributed by atoms with Crippen LogP contribution in [0.2, 0.25) is 0 Å². The number of nitrogens with one attached hydrogen (secondary N) is 1. The van der Waals surface area contributed by atoms with E-state index in [0.29, 0.717) is 31.2 Å². The molecule has 2 rings (SSSR count). The number of hydrogen-bond acceptors (Lipinski definition) is 3. The Kier molecular flexibility index (Phi) is 7.48. The van der Waals surface area contributed by atoms with Crippen LogP contribution in [-0.2, 0) is 4.74 Å². The highest BCUT2D eigenvalue weighted by molar-refractivity contribution is 4.77. The van der Waals surface area contributed by atoms with Crippen molar-refractivity contribution < 1.29 is 9.84 Å². The van der Waals surface area contributed by atoms with Crippen LogP contribution in [0.4, 0.5) is 0 Å². The largest absolute Gasteiger partial charge is 0.389 e. The van der Waals surface area contributed by atoms with E-state index in [-0.39, 0.29) is 6.10 Å². The van der Waals surface area contributed by atoms with Gasteiger partial charge >= 0.3 is 0 Å². The highest BCUT2D eigenvalue weighted by Crippen LogP contribution is 2.27. The second kappa shape index (κ2) is 9.12. The molecular formula is C18H35NO2. The van der Waals surface area contributed by atoms with Crippen LogP contribution in [0.5, 0.6) is 0 Å². The van der Waals surface area contributed by atoms with Crippen molar-refractivity contribution in [3.8, 4) is 0 Å². The third kappa shape index (κ3) is 5.88. The predicted octanol–water partition coefficient (Wildman–Crippen LogP) is 3.50. The molecular weight excluding hydrogens is 262 g/mol. The number of rotatable bonds is 7. The molecule has 0 saturated heterocycles. The third-order valence-corrected chi connectivity index (χ3v) is 5.57. The summed E-state index contributed by atoms with van der Waals surface area (Å²) in [4.78, 5) is 0. The van der Waals surface area contributed by atoms with Crippen LogP contribution in [0.3, 0.4) is 0 Å². The van der Waals surface area contributed by atoms with E-state index in [1.165, 1.54) is 57.8 Å². The topological polar surface area (TPSA) is 41.5 Å². The van der Waals surface area contributed by atoms with Crippen molar-refractivity contribution in [1.29, 1.82) is 0 Å². The maximum atomic E-state index is 10.1. The van der Waals surface area contributed by atoms with Crippen LogP contribution in [0.25, 0.3) is 0 Å². The summed E-state index contributed by atoms with van der Waals surface area (Å²) in [7, 11) is 0. The summed E-state index contributed by atoms with van der Waals surface area (Å²) in [5, 5.41) is 13.6. The minimum atomic E-state index is -0.370. The van der Waals surface area contributed by atoms with Gasteiger partial charge in [-0.3, -0.25) is 0 Å². The van der Waals surface area contributed by atoms with Crippen molar-refractivity contribution in [3.05, 3.63) is 0 Å². The monoisotopic (exact) mass is 297 g/mol. The molecule has 2 aliphatic carbocycles. The summed E-state index contributed by atoms with van der Waals surface area (Å²) in [6, 6.07) is 0.522. The molecule has 0 heterocycles. The van der Waals surface area contributed by atoms with Crippen LogP contribution in [0.15, 0.2) is 0 Å². The Balaban J connectivity index is 1.59. The molecule has 0 spiro atoms. The molecule has 0 aliphatic heterocycles. The van der Waals surface area contributed by atoms with Gasteiger partial charge in [-0.05, 0) is 44.4 Å². The summed E-state index contributed by atoms with van der Waals surface area (Å²) < 4.78 is 5.94. The second-order valence-electron chi connectivity index (χ2n) is 7.38. The fourth-order valence-electron chi connectivity index (χ4n) is 3.95. The lowest BCUT2D eigenvalue weighted by molar-refractivity contribution is -0.0459. The van der Waals surface area contributed by atoms with Crippen molar-refractivity contribution in [1.82, 2.24) is 5.32 Å². The van der Waals surface area contributed by atoms with Gasteiger partial charge in [-0.1, -0.05) is 39.0 Å². The molecule has 4 atom stereocenters. The first-order valence-electron chi connectivity index (χ1n) is 9.20. The van der Waals surface area contributed by atoms with E-state index in [4.69, 9.17) is 4.74 Å². The van der Waals surface area contributed by atoms with Gasteiger partial charge in [-0.15, -0.1) is 0 Å². The maximum absolute atomic E-state index is 10.1. The zero-order chi connectivity index (χ0) is 15.1. The molecule has 0 bridgehead atoms. The van der Waals surface area contributed by atoms with Gasteiger partial charge < -0.3 is 15.2 Å². The molecule has 21 heavy (non-hydrogen) atoms. The van der Waals surface area contributed by atoms with Gasteiger partial charge in [-0.2, -0.15) is 0 Å². The Morgan fingerprint density at radius 3 is 2.43 bits per heavy atom. The van der Waals surface area contributed by atoms with E-state index in [9.17, 15) is 5.11 Å². The van der Waals surface area contributed by atoms with Gasteiger partial charge in [0.05, 0.1) is 18.8 Å². The highest BCUT2D eigenvalue weighted by Gasteiger charge is 2.23. The lowest BCUT2D eigenvalue weighted by Crippen LogP contribution is -2.41. The zero-order valence-electron chi connectivity index (χ0n) is 14.0. The van der Waals surface area contributed by atoms with Crippen molar-refractivity contribution >= 4 is 0 Å². The number of ether oxygens (including phenoxy) is 1. The Bertz CT molecular complexity index is 278. The summed E-state index contributed by atoms with van der Waals surface area (Å²) in [6.45, 7) is 5.70. The molecule has 0 aromatic carbocycles. The van der Waals surface area contributed by atoms with E-state index in [1.807, 2.05) is 0 Å². The van der Waals surface area contributed by atoms with Crippen molar-refractivity contribution in [2.75, 3.05) is 13.2 Å². The smallest absolute Gasteiger partial charge is 0.0897 e. The lowest BCUT2D eigenvalue weighted by atomic mass is 9.84. The van der Waals surface area contributed by atoms with Crippen molar-refractivity contribution in [3.63, 3.8) is 0 Å². The van der Waals surface area contributed by atoms with E-state index >= 15 is 0 Å². The summed E-state index contributed by atoms with van der Waals surface area (Å²) >= 11 is 0. The fraction of sp³-hybridized carbons (Fsp3) is 1.00. The summed E-state index contributed by atoms with van der Waals surface area (Å²) in [6.07, 6.45) is 11.9. The molecule has 0 radical (unpaired) electrons. The predicted molar refractivity (Wildman–Crippen MR) is 87.4 cm³/mol. The Labute approximate surface area is 130 Å². The molecule has 3 unspecified atom stereocenters. The molecule has 2 aliphatic rings.